The third kappa shape index (κ3) is 3.65. The lowest BCUT2D eigenvalue weighted by atomic mass is 10.3. The Labute approximate surface area is 120 Å². The zero-order chi connectivity index (χ0) is 13.7. The van der Waals surface area contributed by atoms with Gasteiger partial charge in [-0.3, -0.25) is 10.1 Å². The number of anilines is 2. The molecule has 7 heteroatoms. The molecule has 0 saturated heterocycles. The fourth-order valence-electron chi connectivity index (χ4n) is 1.39. The van der Waals surface area contributed by atoms with E-state index in [1.54, 1.807) is 23.7 Å². The second-order valence-corrected chi connectivity index (χ2v) is 5.05. The standard InChI is InChI=1S/C12H13ClN4OS/c1-2-5-14-9-4-3-8(13)10(16-9)11(18)17-12-15-6-7-19-12/h3-4,6-7H,2,5H2,1H3,(H,14,16)(H,15,17,18). The van der Waals surface area contributed by atoms with Crippen LogP contribution in [0.15, 0.2) is 23.7 Å². The molecule has 2 aromatic rings. The number of amides is 1. The quantitative estimate of drug-likeness (QED) is 0.888. The first kappa shape index (κ1) is 13.8. The molecule has 0 saturated carbocycles. The Bertz CT molecular complexity index is 559. The Morgan fingerprint density at radius 3 is 3.00 bits per heavy atom. The van der Waals surface area contributed by atoms with Gasteiger partial charge in [0.1, 0.15) is 11.5 Å². The maximum Gasteiger partial charge on any atom is 0.277 e. The number of rotatable bonds is 5. The third-order valence-corrected chi connectivity index (χ3v) is 3.26. The summed E-state index contributed by atoms with van der Waals surface area (Å²) in [7, 11) is 0. The predicted molar refractivity (Wildman–Crippen MR) is 78.1 cm³/mol. The highest BCUT2D eigenvalue weighted by Gasteiger charge is 2.14. The van der Waals surface area contributed by atoms with Gasteiger partial charge in [-0.2, -0.15) is 0 Å². The number of carbonyl (C=O) groups excluding carboxylic acids is 1. The van der Waals surface area contributed by atoms with Gasteiger partial charge in [0.15, 0.2) is 5.13 Å². The van der Waals surface area contributed by atoms with Crippen LogP contribution >= 0.6 is 22.9 Å². The van der Waals surface area contributed by atoms with E-state index in [1.165, 1.54) is 11.3 Å². The average molecular weight is 297 g/mol. The van der Waals surface area contributed by atoms with E-state index in [-0.39, 0.29) is 11.6 Å². The topological polar surface area (TPSA) is 66.9 Å². The van der Waals surface area contributed by atoms with E-state index >= 15 is 0 Å². The number of pyridine rings is 1. The van der Waals surface area contributed by atoms with Gasteiger partial charge in [0, 0.05) is 18.1 Å². The zero-order valence-corrected chi connectivity index (χ0v) is 11.9. The van der Waals surface area contributed by atoms with Crippen molar-refractivity contribution in [2.75, 3.05) is 17.2 Å². The van der Waals surface area contributed by atoms with Crippen molar-refractivity contribution in [3.05, 3.63) is 34.4 Å². The predicted octanol–water partition coefficient (Wildman–Crippen LogP) is 3.27. The summed E-state index contributed by atoms with van der Waals surface area (Å²) >= 11 is 7.34. The summed E-state index contributed by atoms with van der Waals surface area (Å²) in [6.45, 7) is 2.85. The molecule has 2 rings (SSSR count). The molecule has 2 heterocycles. The lowest BCUT2D eigenvalue weighted by Gasteiger charge is -2.07. The van der Waals surface area contributed by atoms with E-state index in [9.17, 15) is 4.79 Å². The number of aromatic nitrogens is 2. The fourth-order valence-corrected chi connectivity index (χ4v) is 2.11. The molecule has 0 aromatic carbocycles. The molecular formula is C12H13ClN4OS. The minimum atomic E-state index is -0.361. The molecule has 0 radical (unpaired) electrons. The summed E-state index contributed by atoms with van der Waals surface area (Å²) in [5.74, 6) is 0.274. The molecule has 100 valence electrons. The minimum Gasteiger partial charge on any atom is -0.370 e. The van der Waals surface area contributed by atoms with Gasteiger partial charge in [-0.05, 0) is 18.6 Å². The molecule has 0 unspecified atom stereocenters. The first-order chi connectivity index (χ1) is 9.20. The van der Waals surface area contributed by atoms with Gasteiger partial charge < -0.3 is 5.32 Å². The number of hydrogen-bond acceptors (Lipinski definition) is 5. The molecule has 0 aliphatic carbocycles. The SMILES string of the molecule is CCCNc1ccc(Cl)c(C(=O)Nc2nccs2)n1. The Hall–Kier alpha value is -1.66. The first-order valence-electron chi connectivity index (χ1n) is 5.82. The molecule has 0 spiro atoms. The smallest absolute Gasteiger partial charge is 0.277 e. The lowest BCUT2D eigenvalue weighted by Crippen LogP contribution is -2.15. The average Bonchev–Trinajstić information content (AvgIpc) is 2.90. The van der Waals surface area contributed by atoms with Crippen LogP contribution in [0.2, 0.25) is 5.02 Å². The Morgan fingerprint density at radius 1 is 1.47 bits per heavy atom. The van der Waals surface area contributed by atoms with E-state index in [1.807, 2.05) is 0 Å². The molecular weight excluding hydrogens is 284 g/mol. The second-order valence-electron chi connectivity index (χ2n) is 3.75. The van der Waals surface area contributed by atoms with Crippen LogP contribution < -0.4 is 10.6 Å². The van der Waals surface area contributed by atoms with Gasteiger partial charge in [-0.25, -0.2) is 9.97 Å². The summed E-state index contributed by atoms with van der Waals surface area (Å²) in [6.07, 6.45) is 2.60. The van der Waals surface area contributed by atoms with Gasteiger partial charge in [0.2, 0.25) is 0 Å². The molecule has 0 aliphatic rings. The molecule has 2 aromatic heterocycles. The molecule has 0 aliphatic heterocycles. The number of nitrogens with zero attached hydrogens (tertiary/aromatic N) is 2. The third-order valence-electron chi connectivity index (χ3n) is 2.27. The molecule has 1 amide bonds. The number of thiazole rings is 1. The molecule has 0 fully saturated rings. The van der Waals surface area contributed by atoms with Crippen LogP contribution in [-0.2, 0) is 0 Å². The molecule has 19 heavy (non-hydrogen) atoms. The Balaban J connectivity index is 2.15. The van der Waals surface area contributed by atoms with E-state index in [0.29, 0.717) is 16.0 Å². The van der Waals surface area contributed by atoms with Crippen molar-refractivity contribution in [2.45, 2.75) is 13.3 Å². The van der Waals surface area contributed by atoms with Crippen molar-refractivity contribution < 1.29 is 4.79 Å². The Kier molecular flexibility index (Phi) is 4.70. The lowest BCUT2D eigenvalue weighted by molar-refractivity contribution is 0.102. The summed E-state index contributed by atoms with van der Waals surface area (Å²) in [6, 6.07) is 3.40. The number of nitrogens with one attached hydrogen (secondary N) is 2. The summed E-state index contributed by atoms with van der Waals surface area (Å²) in [5, 5.41) is 8.39. The number of hydrogen-bond donors (Lipinski definition) is 2. The Morgan fingerprint density at radius 2 is 2.32 bits per heavy atom. The van der Waals surface area contributed by atoms with Gasteiger partial charge in [-0.1, -0.05) is 18.5 Å². The normalized spacial score (nSPS) is 10.2. The monoisotopic (exact) mass is 296 g/mol. The summed E-state index contributed by atoms with van der Waals surface area (Å²) in [5.41, 5.74) is 0.193. The van der Waals surface area contributed by atoms with Crippen molar-refractivity contribution in [2.24, 2.45) is 0 Å². The maximum atomic E-state index is 12.0. The maximum absolute atomic E-state index is 12.0. The highest BCUT2D eigenvalue weighted by Crippen LogP contribution is 2.19. The van der Waals surface area contributed by atoms with E-state index in [2.05, 4.69) is 27.5 Å². The van der Waals surface area contributed by atoms with E-state index in [0.717, 1.165) is 13.0 Å². The van der Waals surface area contributed by atoms with Crippen LogP contribution in [0, 0.1) is 0 Å². The first-order valence-corrected chi connectivity index (χ1v) is 7.07. The zero-order valence-electron chi connectivity index (χ0n) is 10.3. The van der Waals surface area contributed by atoms with Gasteiger partial charge in [0.25, 0.3) is 5.91 Å². The summed E-state index contributed by atoms with van der Waals surface area (Å²) < 4.78 is 0. The van der Waals surface area contributed by atoms with Gasteiger partial charge >= 0.3 is 0 Å². The van der Waals surface area contributed by atoms with Crippen molar-refractivity contribution in [3.8, 4) is 0 Å². The van der Waals surface area contributed by atoms with E-state index < -0.39 is 0 Å². The van der Waals surface area contributed by atoms with Crippen molar-refractivity contribution in [1.29, 1.82) is 0 Å². The van der Waals surface area contributed by atoms with Crippen molar-refractivity contribution in [3.63, 3.8) is 0 Å². The van der Waals surface area contributed by atoms with Crippen LogP contribution in [0.4, 0.5) is 10.9 Å². The van der Waals surface area contributed by atoms with E-state index in [4.69, 9.17) is 11.6 Å². The van der Waals surface area contributed by atoms with Crippen molar-refractivity contribution >= 4 is 39.8 Å². The van der Waals surface area contributed by atoms with Gasteiger partial charge in [0.05, 0.1) is 5.02 Å². The highest BCUT2D eigenvalue weighted by molar-refractivity contribution is 7.13. The number of carbonyl (C=O) groups is 1. The van der Waals surface area contributed by atoms with Crippen LogP contribution in [0.25, 0.3) is 0 Å². The largest absolute Gasteiger partial charge is 0.370 e. The van der Waals surface area contributed by atoms with Crippen LogP contribution in [0.5, 0.6) is 0 Å². The minimum absolute atomic E-state index is 0.193. The molecule has 0 atom stereocenters. The van der Waals surface area contributed by atoms with Crippen LogP contribution in [0.1, 0.15) is 23.8 Å². The van der Waals surface area contributed by atoms with Gasteiger partial charge in [-0.15, -0.1) is 11.3 Å². The molecule has 2 N–H and O–H groups in total. The summed E-state index contributed by atoms with van der Waals surface area (Å²) in [4.78, 5) is 20.2. The van der Waals surface area contributed by atoms with Crippen molar-refractivity contribution in [1.82, 2.24) is 9.97 Å². The molecule has 0 bridgehead atoms. The van der Waals surface area contributed by atoms with Crippen LogP contribution in [0.3, 0.4) is 0 Å². The second kappa shape index (κ2) is 6.49. The van der Waals surface area contributed by atoms with Crippen LogP contribution in [-0.4, -0.2) is 22.4 Å². The number of halogens is 1. The fraction of sp³-hybridized carbons (Fsp3) is 0.250. The molecule has 5 nitrogen and oxygen atoms in total. The highest BCUT2D eigenvalue weighted by atomic mass is 35.5.